The first-order valence-corrected chi connectivity index (χ1v) is 2.38. The first-order valence-electron chi connectivity index (χ1n) is 2.38. The molecule has 1 rings (SSSR count). The molecule has 0 saturated heterocycles. The molecule has 1 heterocycles. The van der Waals surface area contributed by atoms with E-state index in [1.165, 1.54) is 0 Å². The third kappa shape index (κ3) is 1.14. The van der Waals surface area contributed by atoms with Crippen molar-refractivity contribution in [3.05, 3.63) is 0 Å². The van der Waals surface area contributed by atoms with Crippen molar-refractivity contribution in [2.75, 3.05) is 13.2 Å². The van der Waals surface area contributed by atoms with Gasteiger partial charge in [0.2, 0.25) is 0 Å². The zero-order valence-electron chi connectivity index (χ0n) is 4.29. The number of hydrogen-bond acceptors (Lipinski definition) is 3. The van der Waals surface area contributed by atoms with Crippen molar-refractivity contribution in [1.82, 2.24) is 0 Å². The molecule has 0 aliphatic carbocycles. The van der Waals surface area contributed by atoms with Crippen molar-refractivity contribution >= 4 is 0 Å². The van der Waals surface area contributed by atoms with Gasteiger partial charge in [0.25, 0.3) is 0 Å². The molecular formula is C4H8N2O. The van der Waals surface area contributed by atoms with E-state index in [9.17, 15) is 0 Å². The van der Waals surface area contributed by atoms with Gasteiger partial charge in [0.15, 0.2) is 0 Å². The topological polar surface area (TPSA) is 34.0 Å². The van der Waals surface area contributed by atoms with Crippen LogP contribution in [-0.4, -0.2) is 13.2 Å². The smallest absolute Gasteiger partial charge is 0.123 e. The Morgan fingerprint density at radius 1 is 1.71 bits per heavy atom. The van der Waals surface area contributed by atoms with E-state index in [4.69, 9.17) is 0 Å². The molecular weight excluding hydrogens is 92.1 g/mol. The summed E-state index contributed by atoms with van der Waals surface area (Å²) in [7, 11) is 0. The summed E-state index contributed by atoms with van der Waals surface area (Å²) in [6, 6.07) is 0. The summed E-state index contributed by atoms with van der Waals surface area (Å²) in [5.74, 6) is 0.553. The first-order chi connectivity index (χ1) is 3.39. The highest BCUT2D eigenvalue weighted by Crippen LogP contribution is 2.02. The van der Waals surface area contributed by atoms with Crippen LogP contribution in [-0.2, 0) is 4.84 Å². The van der Waals surface area contributed by atoms with Crippen LogP contribution in [0.1, 0.15) is 6.92 Å². The van der Waals surface area contributed by atoms with Crippen molar-refractivity contribution in [1.29, 1.82) is 0 Å². The molecule has 0 amide bonds. The van der Waals surface area contributed by atoms with Gasteiger partial charge in [0, 0.05) is 11.2 Å². The second-order valence-corrected chi connectivity index (χ2v) is 1.81. The third-order valence-corrected chi connectivity index (χ3v) is 0.868. The minimum absolute atomic E-state index is 0.553. The minimum atomic E-state index is 0.553. The van der Waals surface area contributed by atoms with Crippen LogP contribution in [0, 0.1) is 5.92 Å². The Bertz CT molecular complexity index is 81.8. The summed E-state index contributed by atoms with van der Waals surface area (Å²) in [5, 5.41) is 7.01. The van der Waals surface area contributed by atoms with E-state index >= 15 is 0 Å². The molecule has 1 atom stereocenters. The summed E-state index contributed by atoms with van der Waals surface area (Å²) in [5.41, 5.74) is 0. The third-order valence-electron chi connectivity index (χ3n) is 0.868. The predicted octanol–water partition coefficient (Wildman–Crippen LogP) is 1.02. The van der Waals surface area contributed by atoms with E-state index in [0.717, 1.165) is 13.2 Å². The predicted molar refractivity (Wildman–Crippen MR) is 24.8 cm³/mol. The zero-order valence-corrected chi connectivity index (χ0v) is 4.29. The Morgan fingerprint density at radius 3 is 2.86 bits per heavy atom. The van der Waals surface area contributed by atoms with Crippen LogP contribution in [0.25, 0.3) is 0 Å². The molecule has 0 saturated carbocycles. The molecule has 0 unspecified atom stereocenters. The lowest BCUT2D eigenvalue weighted by Crippen LogP contribution is -2.09. The quantitative estimate of drug-likeness (QED) is 0.447. The number of nitrogens with zero attached hydrogens (tertiary/aromatic N) is 2. The van der Waals surface area contributed by atoms with Crippen LogP contribution in [0.2, 0.25) is 0 Å². The van der Waals surface area contributed by atoms with Crippen molar-refractivity contribution < 1.29 is 4.84 Å². The van der Waals surface area contributed by atoms with Crippen molar-refractivity contribution in [3.8, 4) is 0 Å². The molecule has 0 bridgehead atoms. The van der Waals surface area contributed by atoms with Crippen LogP contribution in [0.4, 0.5) is 0 Å². The van der Waals surface area contributed by atoms with Crippen molar-refractivity contribution in [2.45, 2.75) is 6.92 Å². The Labute approximate surface area is 42.3 Å². The van der Waals surface area contributed by atoms with Gasteiger partial charge < -0.3 is 4.84 Å². The average Bonchev–Trinajstić information content (AvgIpc) is 1.69. The Balaban J connectivity index is 2.32. The number of rotatable bonds is 0. The van der Waals surface area contributed by atoms with Gasteiger partial charge in [-0.3, -0.25) is 0 Å². The summed E-state index contributed by atoms with van der Waals surface area (Å²) < 4.78 is 0. The van der Waals surface area contributed by atoms with Crippen molar-refractivity contribution in [2.24, 2.45) is 16.3 Å². The fourth-order valence-electron chi connectivity index (χ4n) is 0.427. The lowest BCUT2D eigenvalue weighted by atomic mass is 10.2. The van der Waals surface area contributed by atoms with Gasteiger partial charge in [-0.15, -0.1) is 0 Å². The summed E-state index contributed by atoms with van der Waals surface area (Å²) >= 11 is 0. The summed E-state index contributed by atoms with van der Waals surface area (Å²) in [6.07, 6.45) is 0. The van der Waals surface area contributed by atoms with Crippen molar-refractivity contribution in [3.63, 3.8) is 0 Å². The van der Waals surface area contributed by atoms with Gasteiger partial charge in [-0.25, -0.2) is 0 Å². The molecule has 0 aromatic heterocycles. The van der Waals surface area contributed by atoms with E-state index < -0.39 is 0 Å². The second kappa shape index (κ2) is 1.91. The van der Waals surface area contributed by atoms with E-state index in [0.29, 0.717) is 5.92 Å². The second-order valence-electron chi connectivity index (χ2n) is 1.81. The molecule has 3 nitrogen and oxygen atoms in total. The first kappa shape index (κ1) is 4.56. The number of hydrogen-bond donors (Lipinski definition) is 0. The molecule has 1 aliphatic rings. The lowest BCUT2D eigenvalue weighted by Gasteiger charge is -2.08. The van der Waals surface area contributed by atoms with E-state index in [1.54, 1.807) is 0 Å². The van der Waals surface area contributed by atoms with E-state index in [-0.39, 0.29) is 0 Å². The van der Waals surface area contributed by atoms with Crippen LogP contribution in [0.5, 0.6) is 0 Å². The molecule has 0 aromatic carbocycles. The average molecular weight is 100 g/mol. The Hall–Kier alpha value is -0.600. The van der Waals surface area contributed by atoms with Gasteiger partial charge in [0.1, 0.15) is 6.61 Å². The van der Waals surface area contributed by atoms with Gasteiger partial charge in [-0.2, -0.15) is 5.11 Å². The highest BCUT2D eigenvalue weighted by molar-refractivity contribution is 4.53. The highest BCUT2D eigenvalue weighted by atomic mass is 16.6. The van der Waals surface area contributed by atoms with Gasteiger partial charge in [-0.05, 0) is 0 Å². The molecule has 0 spiro atoms. The largest absolute Gasteiger partial charge is 0.379 e. The molecule has 0 aromatic rings. The normalized spacial score (nSPS) is 29.6. The molecule has 0 radical (unpaired) electrons. The Morgan fingerprint density at radius 2 is 2.57 bits per heavy atom. The maximum absolute atomic E-state index is 4.64. The van der Waals surface area contributed by atoms with E-state index in [2.05, 4.69) is 22.2 Å². The standard InChI is InChI=1S/C4H8N2O/c1-4-2-5-6-7-3-4/h4H,2-3H2,1H3/t4-/m0/s1. The van der Waals surface area contributed by atoms with Crippen LogP contribution in [0.15, 0.2) is 10.4 Å². The molecule has 7 heavy (non-hydrogen) atoms. The molecule has 1 aliphatic heterocycles. The molecule has 0 fully saturated rings. The summed E-state index contributed by atoms with van der Waals surface area (Å²) in [4.78, 5) is 4.64. The molecule has 3 heteroatoms. The zero-order chi connectivity index (χ0) is 5.11. The molecule has 0 N–H and O–H groups in total. The van der Waals surface area contributed by atoms with Crippen LogP contribution in [0.3, 0.4) is 0 Å². The monoisotopic (exact) mass is 100 g/mol. The van der Waals surface area contributed by atoms with Crippen LogP contribution >= 0.6 is 0 Å². The maximum Gasteiger partial charge on any atom is 0.123 e. The summed E-state index contributed by atoms with van der Waals surface area (Å²) in [6.45, 7) is 3.63. The van der Waals surface area contributed by atoms with Gasteiger partial charge in [-0.1, -0.05) is 6.92 Å². The van der Waals surface area contributed by atoms with E-state index in [1.807, 2.05) is 0 Å². The fourth-order valence-corrected chi connectivity index (χ4v) is 0.427. The van der Waals surface area contributed by atoms with Gasteiger partial charge in [0.05, 0.1) is 6.54 Å². The molecule has 40 valence electrons. The SMILES string of the molecule is C[C@H]1CN=NOC1. The maximum atomic E-state index is 4.64. The fraction of sp³-hybridized carbons (Fsp3) is 1.00. The Kier molecular flexibility index (Phi) is 1.24. The lowest BCUT2D eigenvalue weighted by molar-refractivity contribution is 0.0703. The van der Waals surface area contributed by atoms with Gasteiger partial charge >= 0.3 is 0 Å². The highest BCUT2D eigenvalue weighted by Gasteiger charge is 2.04. The minimum Gasteiger partial charge on any atom is -0.379 e. The van der Waals surface area contributed by atoms with Crippen LogP contribution < -0.4 is 0 Å².